The SMILES string of the molecule is C#CCCCC#CCO[Si](C#CCCCC)(C(C)C)C(C)C. The maximum Gasteiger partial charge on any atom is 0.278 e. The zero-order valence-corrected chi connectivity index (χ0v) is 16.1. The Balaban J connectivity index is 4.72. The first-order chi connectivity index (χ1) is 10.5. The van der Waals surface area contributed by atoms with Gasteiger partial charge in [0.15, 0.2) is 0 Å². The van der Waals surface area contributed by atoms with E-state index in [2.05, 4.69) is 63.8 Å². The molecule has 0 radical (unpaired) electrons. The number of terminal acetylenes is 1. The van der Waals surface area contributed by atoms with Crippen molar-refractivity contribution in [2.24, 2.45) is 0 Å². The Morgan fingerprint density at radius 2 is 1.55 bits per heavy atom. The summed E-state index contributed by atoms with van der Waals surface area (Å²) in [5.41, 5.74) is 4.50. The fourth-order valence-corrected chi connectivity index (χ4v) is 5.73. The Hall–Kier alpha value is -1.14. The van der Waals surface area contributed by atoms with E-state index in [1.54, 1.807) is 0 Å². The van der Waals surface area contributed by atoms with Crippen LogP contribution in [0.3, 0.4) is 0 Å². The highest BCUT2D eigenvalue weighted by molar-refractivity contribution is 6.84. The molecule has 0 fully saturated rings. The lowest BCUT2D eigenvalue weighted by atomic mass is 10.2. The molecule has 0 aliphatic rings. The minimum absolute atomic E-state index is 0.477. The molecule has 0 unspecified atom stereocenters. The van der Waals surface area contributed by atoms with Crippen LogP contribution in [0.4, 0.5) is 0 Å². The summed E-state index contributed by atoms with van der Waals surface area (Å²) >= 11 is 0. The summed E-state index contributed by atoms with van der Waals surface area (Å²) in [4.78, 5) is 0. The van der Waals surface area contributed by atoms with Crippen molar-refractivity contribution in [1.82, 2.24) is 0 Å². The van der Waals surface area contributed by atoms with E-state index in [1.807, 2.05) is 0 Å². The molecule has 2 heteroatoms. The second-order valence-electron chi connectivity index (χ2n) is 6.21. The van der Waals surface area contributed by atoms with Crippen LogP contribution in [0.1, 0.15) is 73.1 Å². The highest BCUT2D eigenvalue weighted by atomic mass is 28.4. The molecule has 0 rings (SSSR count). The molecule has 0 saturated heterocycles. The average molecular weight is 317 g/mol. The molecule has 0 amide bonds. The maximum atomic E-state index is 6.29. The largest absolute Gasteiger partial charge is 0.394 e. The van der Waals surface area contributed by atoms with Crippen molar-refractivity contribution in [3.05, 3.63) is 0 Å². The number of rotatable bonds is 8. The molecule has 0 aromatic heterocycles. The molecule has 22 heavy (non-hydrogen) atoms. The Morgan fingerprint density at radius 1 is 0.909 bits per heavy atom. The van der Waals surface area contributed by atoms with Crippen LogP contribution in [0, 0.1) is 35.6 Å². The van der Waals surface area contributed by atoms with E-state index in [0.717, 1.165) is 25.7 Å². The first-order valence-corrected chi connectivity index (χ1v) is 10.6. The fraction of sp³-hybridized carbons (Fsp3) is 0.700. The lowest BCUT2D eigenvalue weighted by Gasteiger charge is -2.32. The Kier molecular flexibility index (Phi) is 11.8. The predicted octanol–water partition coefficient (Wildman–Crippen LogP) is 5.31. The van der Waals surface area contributed by atoms with Crippen LogP contribution in [0.5, 0.6) is 0 Å². The highest BCUT2D eigenvalue weighted by Crippen LogP contribution is 2.32. The summed E-state index contributed by atoms with van der Waals surface area (Å²) in [7, 11) is -2.07. The van der Waals surface area contributed by atoms with Gasteiger partial charge in [0.05, 0.1) is 6.61 Å². The van der Waals surface area contributed by atoms with Gasteiger partial charge in [-0.3, -0.25) is 0 Å². The van der Waals surface area contributed by atoms with Crippen LogP contribution >= 0.6 is 0 Å². The van der Waals surface area contributed by atoms with Crippen LogP contribution in [0.25, 0.3) is 0 Å². The van der Waals surface area contributed by atoms with Crippen LogP contribution in [0.15, 0.2) is 0 Å². The lowest BCUT2D eigenvalue weighted by Crippen LogP contribution is -2.44. The third-order valence-electron chi connectivity index (χ3n) is 3.79. The van der Waals surface area contributed by atoms with Crippen molar-refractivity contribution in [2.75, 3.05) is 6.61 Å². The standard InChI is InChI=1S/C20H32OSi/c1-7-9-11-13-14-15-17-21-22(19(3)4,20(5)6)18-16-12-10-8-2/h1,19-20H,8-13,17H2,2-6H3. The minimum atomic E-state index is -2.07. The molecule has 0 saturated carbocycles. The summed E-state index contributed by atoms with van der Waals surface area (Å²) in [5, 5.41) is 0. The molecule has 0 spiro atoms. The molecule has 0 aliphatic carbocycles. The van der Waals surface area contributed by atoms with E-state index in [4.69, 9.17) is 10.8 Å². The fourth-order valence-electron chi connectivity index (χ4n) is 2.36. The molecular formula is C20H32OSi. The molecule has 1 nitrogen and oxygen atoms in total. The first-order valence-electron chi connectivity index (χ1n) is 8.54. The van der Waals surface area contributed by atoms with Gasteiger partial charge in [-0.1, -0.05) is 52.5 Å². The molecule has 0 bridgehead atoms. The number of hydrogen-bond donors (Lipinski definition) is 0. The van der Waals surface area contributed by atoms with Gasteiger partial charge in [0.2, 0.25) is 0 Å². The quantitative estimate of drug-likeness (QED) is 0.335. The van der Waals surface area contributed by atoms with E-state index in [1.165, 1.54) is 12.8 Å². The normalized spacial score (nSPS) is 10.6. The summed E-state index contributed by atoms with van der Waals surface area (Å²) in [5.74, 6) is 12.3. The smallest absolute Gasteiger partial charge is 0.278 e. The third-order valence-corrected chi connectivity index (χ3v) is 8.41. The van der Waals surface area contributed by atoms with E-state index >= 15 is 0 Å². The third kappa shape index (κ3) is 7.75. The van der Waals surface area contributed by atoms with Crippen LogP contribution in [-0.2, 0) is 4.43 Å². The van der Waals surface area contributed by atoms with Crippen molar-refractivity contribution in [3.8, 4) is 35.6 Å². The zero-order valence-electron chi connectivity index (χ0n) is 15.1. The highest BCUT2D eigenvalue weighted by Gasteiger charge is 2.40. The first kappa shape index (κ1) is 20.9. The Bertz CT molecular complexity index is 440. The monoisotopic (exact) mass is 316 g/mol. The summed E-state index contributed by atoms with van der Waals surface area (Å²) in [6.45, 7) is 11.6. The van der Waals surface area contributed by atoms with Crippen molar-refractivity contribution in [3.63, 3.8) is 0 Å². The number of unbranched alkanes of at least 4 members (excludes halogenated alkanes) is 4. The second-order valence-corrected chi connectivity index (χ2v) is 10.6. The molecule has 0 aromatic rings. The molecule has 0 atom stereocenters. The lowest BCUT2D eigenvalue weighted by molar-refractivity contribution is 0.344. The molecule has 0 heterocycles. The van der Waals surface area contributed by atoms with Gasteiger partial charge in [0.25, 0.3) is 8.32 Å². The topological polar surface area (TPSA) is 9.23 Å². The van der Waals surface area contributed by atoms with Gasteiger partial charge in [0.1, 0.15) is 0 Å². The summed E-state index contributed by atoms with van der Waals surface area (Å²) < 4.78 is 6.29. The van der Waals surface area contributed by atoms with Gasteiger partial charge in [0, 0.05) is 19.3 Å². The molecular weight excluding hydrogens is 284 g/mol. The van der Waals surface area contributed by atoms with Gasteiger partial charge in [-0.05, 0) is 23.9 Å². The minimum Gasteiger partial charge on any atom is -0.394 e. The van der Waals surface area contributed by atoms with E-state index in [9.17, 15) is 0 Å². The molecule has 0 aliphatic heterocycles. The van der Waals surface area contributed by atoms with E-state index < -0.39 is 8.32 Å². The van der Waals surface area contributed by atoms with Gasteiger partial charge >= 0.3 is 0 Å². The van der Waals surface area contributed by atoms with Crippen LogP contribution in [0.2, 0.25) is 11.1 Å². The van der Waals surface area contributed by atoms with Crippen molar-refractivity contribution < 1.29 is 4.43 Å². The van der Waals surface area contributed by atoms with Crippen LogP contribution < -0.4 is 0 Å². The van der Waals surface area contributed by atoms with Crippen molar-refractivity contribution in [1.29, 1.82) is 0 Å². The van der Waals surface area contributed by atoms with E-state index in [0.29, 0.717) is 17.7 Å². The summed E-state index contributed by atoms with van der Waals surface area (Å²) in [6.07, 6.45) is 11.2. The van der Waals surface area contributed by atoms with Crippen molar-refractivity contribution >= 4 is 8.32 Å². The van der Waals surface area contributed by atoms with Gasteiger partial charge in [-0.2, -0.15) is 0 Å². The van der Waals surface area contributed by atoms with Gasteiger partial charge in [-0.15, -0.1) is 24.2 Å². The molecule has 0 aromatic carbocycles. The second kappa shape index (κ2) is 12.4. The van der Waals surface area contributed by atoms with Gasteiger partial charge in [-0.25, -0.2) is 0 Å². The predicted molar refractivity (Wildman–Crippen MR) is 99.7 cm³/mol. The molecule has 122 valence electrons. The summed E-state index contributed by atoms with van der Waals surface area (Å²) in [6, 6.07) is 0. The van der Waals surface area contributed by atoms with E-state index in [-0.39, 0.29) is 0 Å². The van der Waals surface area contributed by atoms with Gasteiger partial charge < -0.3 is 4.43 Å². The number of hydrogen-bond acceptors (Lipinski definition) is 1. The average Bonchev–Trinajstić information content (AvgIpc) is 2.47. The Labute approximate surface area is 139 Å². The van der Waals surface area contributed by atoms with Crippen molar-refractivity contribution in [2.45, 2.75) is 84.2 Å². The molecule has 0 N–H and O–H groups in total. The zero-order chi connectivity index (χ0) is 16.8. The maximum absolute atomic E-state index is 6.29. The van der Waals surface area contributed by atoms with Crippen LogP contribution in [-0.4, -0.2) is 14.9 Å². The Morgan fingerprint density at radius 3 is 2.09 bits per heavy atom.